The minimum atomic E-state index is -0.300. The van der Waals surface area contributed by atoms with E-state index in [1.54, 1.807) is 6.92 Å². The molecule has 2 saturated carbocycles. The molecule has 0 aromatic carbocycles. The highest BCUT2D eigenvalue weighted by atomic mass is 16.2. The molecule has 2 nitrogen and oxygen atoms in total. The lowest BCUT2D eigenvalue weighted by atomic mass is 9.78. The van der Waals surface area contributed by atoms with Gasteiger partial charge in [0.25, 0.3) is 0 Å². The highest BCUT2D eigenvalue weighted by Gasteiger charge is 2.54. The predicted molar refractivity (Wildman–Crippen MR) is 40.1 cm³/mol. The molecule has 2 fully saturated rings. The zero-order valence-corrected chi connectivity index (χ0v) is 6.72. The van der Waals surface area contributed by atoms with Gasteiger partial charge in [0, 0.05) is 11.8 Å². The van der Waals surface area contributed by atoms with E-state index in [4.69, 9.17) is 0 Å². The Labute approximate surface area is 66.0 Å². The van der Waals surface area contributed by atoms with E-state index in [1.165, 1.54) is 0 Å². The van der Waals surface area contributed by atoms with Crippen molar-refractivity contribution in [1.82, 2.24) is 0 Å². The summed E-state index contributed by atoms with van der Waals surface area (Å²) in [6, 6.07) is 0. The third kappa shape index (κ3) is 0.849. The molecule has 0 N–H and O–H groups in total. The second-order valence-electron chi connectivity index (χ2n) is 3.83. The normalized spacial score (nSPS) is 34.5. The van der Waals surface area contributed by atoms with E-state index in [-0.39, 0.29) is 22.9 Å². The van der Waals surface area contributed by atoms with E-state index < -0.39 is 0 Å². The van der Waals surface area contributed by atoms with Crippen LogP contribution in [0.2, 0.25) is 0 Å². The largest absolute Gasteiger partial charge is 0.299 e. The SMILES string of the molecule is CC1C(=O)CCC2(CC2)C1=O. The van der Waals surface area contributed by atoms with Crippen molar-refractivity contribution in [3.63, 3.8) is 0 Å². The summed E-state index contributed by atoms with van der Waals surface area (Å²) in [5.41, 5.74) is -0.0205. The summed E-state index contributed by atoms with van der Waals surface area (Å²) in [6.07, 6.45) is 3.52. The Morgan fingerprint density at radius 1 is 1.27 bits per heavy atom. The van der Waals surface area contributed by atoms with Crippen LogP contribution < -0.4 is 0 Å². The summed E-state index contributed by atoms with van der Waals surface area (Å²) >= 11 is 0. The van der Waals surface area contributed by atoms with Crippen LogP contribution >= 0.6 is 0 Å². The van der Waals surface area contributed by atoms with Crippen molar-refractivity contribution < 1.29 is 9.59 Å². The molecule has 0 bridgehead atoms. The van der Waals surface area contributed by atoms with Gasteiger partial charge in [-0.1, -0.05) is 0 Å². The van der Waals surface area contributed by atoms with Crippen molar-refractivity contribution in [3.05, 3.63) is 0 Å². The van der Waals surface area contributed by atoms with Crippen LogP contribution in [0.1, 0.15) is 32.6 Å². The molecule has 1 unspecified atom stereocenters. The van der Waals surface area contributed by atoms with E-state index in [0.717, 1.165) is 19.3 Å². The van der Waals surface area contributed by atoms with E-state index in [0.29, 0.717) is 6.42 Å². The van der Waals surface area contributed by atoms with Crippen LogP contribution in [0.3, 0.4) is 0 Å². The van der Waals surface area contributed by atoms with Crippen LogP contribution in [0, 0.1) is 11.3 Å². The highest BCUT2D eigenvalue weighted by molar-refractivity contribution is 6.07. The monoisotopic (exact) mass is 152 g/mol. The van der Waals surface area contributed by atoms with Crippen molar-refractivity contribution in [2.45, 2.75) is 32.6 Å². The maximum absolute atomic E-state index is 11.5. The molecule has 2 aliphatic rings. The van der Waals surface area contributed by atoms with Gasteiger partial charge in [-0.2, -0.15) is 0 Å². The third-order valence-corrected chi connectivity index (χ3v) is 3.10. The summed E-state index contributed by atoms with van der Waals surface area (Å²) < 4.78 is 0. The standard InChI is InChI=1S/C9H12O2/c1-6-7(10)2-3-9(4-5-9)8(6)11/h6H,2-5H2,1H3. The Morgan fingerprint density at radius 3 is 2.45 bits per heavy atom. The lowest BCUT2D eigenvalue weighted by Gasteiger charge is -2.23. The van der Waals surface area contributed by atoms with Crippen molar-refractivity contribution in [2.75, 3.05) is 0 Å². The summed E-state index contributed by atoms with van der Waals surface area (Å²) in [5.74, 6) is 0.0625. The number of hydrogen-bond donors (Lipinski definition) is 0. The average molecular weight is 152 g/mol. The smallest absolute Gasteiger partial charge is 0.149 e. The van der Waals surface area contributed by atoms with Crippen LogP contribution in [0.4, 0.5) is 0 Å². The van der Waals surface area contributed by atoms with E-state index >= 15 is 0 Å². The summed E-state index contributed by atoms with van der Waals surface area (Å²) in [6.45, 7) is 1.75. The molecule has 60 valence electrons. The van der Waals surface area contributed by atoms with Crippen molar-refractivity contribution >= 4 is 11.6 Å². The molecule has 0 aromatic rings. The van der Waals surface area contributed by atoms with Crippen LogP contribution in [0.5, 0.6) is 0 Å². The van der Waals surface area contributed by atoms with Gasteiger partial charge in [0.05, 0.1) is 5.92 Å². The first-order chi connectivity index (χ1) is 5.16. The maximum atomic E-state index is 11.5. The van der Waals surface area contributed by atoms with Crippen LogP contribution in [0.25, 0.3) is 0 Å². The van der Waals surface area contributed by atoms with Gasteiger partial charge >= 0.3 is 0 Å². The minimum absolute atomic E-state index is 0.0205. The minimum Gasteiger partial charge on any atom is -0.299 e. The Morgan fingerprint density at radius 2 is 1.91 bits per heavy atom. The number of Topliss-reactive ketones (excluding diaryl/α,β-unsaturated/α-hetero) is 2. The van der Waals surface area contributed by atoms with Crippen molar-refractivity contribution in [1.29, 1.82) is 0 Å². The Hall–Kier alpha value is -0.660. The molecule has 0 aromatic heterocycles. The van der Waals surface area contributed by atoms with Crippen LogP contribution in [-0.2, 0) is 9.59 Å². The van der Waals surface area contributed by atoms with Gasteiger partial charge in [0.1, 0.15) is 11.6 Å². The van der Waals surface area contributed by atoms with Crippen LogP contribution in [0.15, 0.2) is 0 Å². The van der Waals surface area contributed by atoms with Crippen molar-refractivity contribution in [2.24, 2.45) is 11.3 Å². The average Bonchev–Trinajstić information content (AvgIpc) is 2.76. The zero-order valence-electron chi connectivity index (χ0n) is 6.72. The molecule has 1 atom stereocenters. The second-order valence-corrected chi connectivity index (χ2v) is 3.83. The highest BCUT2D eigenvalue weighted by Crippen LogP contribution is 2.54. The van der Waals surface area contributed by atoms with E-state index in [2.05, 4.69) is 0 Å². The van der Waals surface area contributed by atoms with Gasteiger partial charge in [-0.15, -0.1) is 0 Å². The molecule has 0 aliphatic heterocycles. The number of carbonyl (C=O) groups is 2. The van der Waals surface area contributed by atoms with E-state index in [9.17, 15) is 9.59 Å². The molecule has 1 spiro atoms. The molecular formula is C9H12O2. The predicted octanol–water partition coefficient (Wildman–Crippen LogP) is 1.33. The second kappa shape index (κ2) is 1.93. The molecule has 2 heteroatoms. The number of rotatable bonds is 0. The zero-order chi connectivity index (χ0) is 8.06. The molecule has 0 saturated heterocycles. The Kier molecular flexibility index (Phi) is 1.23. The fraction of sp³-hybridized carbons (Fsp3) is 0.778. The van der Waals surface area contributed by atoms with Crippen molar-refractivity contribution in [3.8, 4) is 0 Å². The Bertz CT molecular complexity index is 226. The number of hydrogen-bond acceptors (Lipinski definition) is 2. The Balaban J connectivity index is 2.22. The molecule has 0 radical (unpaired) electrons. The number of carbonyl (C=O) groups excluding carboxylic acids is 2. The van der Waals surface area contributed by atoms with Gasteiger partial charge in [-0.3, -0.25) is 9.59 Å². The van der Waals surface area contributed by atoms with Gasteiger partial charge in [0.15, 0.2) is 0 Å². The molecule has 2 aliphatic carbocycles. The molecule has 2 rings (SSSR count). The quantitative estimate of drug-likeness (QED) is 0.491. The number of ketones is 2. The third-order valence-electron chi connectivity index (χ3n) is 3.10. The summed E-state index contributed by atoms with van der Waals surface area (Å²) in [5, 5.41) is 0. The molecule has 11 heavy (non-hydrogen) atoms. The first kappa shape index (κ1) is 7.01. The van der Waals surface area contributed by atoms with Gasteiger partial charge in [-0.25, -0.2) is 0 Å². The molecule has 0 amide bonds. The van der Waals surface area contributed by atoms with Gasteiger partial charge in [0.2, 0.25) is 0 Å². The summed E-state index contributed by atoms with van der Waals surface area (Å²) in [4.78, 5) is 22.6. The lowest BCUT2D eigenvalue weighted by Crippen LogP contribution is -2.34. The van der Waals surface area contributed by atoms with E-state index in [1.807, 2.05) is 0 Å². The molecular weight excluding hydrogens is 140 g/mol. The van der Waals surface area contributed by atoms with Gasteiger partial charge < -0.3 is 0 Å². The fourth-order valence-electron chi connectivity index (χ4n) is 1.95. The topological polar surface area (TPSA) is 34.1 Å². The van der Waals surface area contributed by atoms with Gasteiger partial charge in [-0.05, 0) is 26.2 Å². The summed E-state index contributed by atoms with van der Waals surface area (Å²) in [7, 11) is 0. The maximum Gasteiger partial charge on any atom is 0.149 e. The molecule has 0 heterocycles. The van der Waals surface area contributed by atoms with Crippen LogP contribution in [-0.4, -0.2) is 11.6 Å². The first-order valence-electron chi connectivity index (χ1n) is 4.23. The fourth-order valence-corrected chi connectivity index (χ4v) is 1.95. The lowest BCUT2D eigenvalue weighted by molar-refractivity contribution is -0.139. The first-order valence-corrected chi connectivity index (χ1v) is 4.23.